The van der Waals surface area contributed by atoms with Gasteiger partial charge in [-0.15, -0.1) is 24.8 Å². The highest BCUT2D eigenvalue weighted by Gasteiger charge is 2.20. The van der Waals surface area contributed by atoms with Gasteiger partial charge in [0.2, 0.25) is 0 Å². The van der Waals surface area contributed by atoms with E-state index in [1.165, 1.54) is 18.1 Å². The number of carbonyl (C=O) groups is 1. The molecule has 0 aliphatic carbocycles. The van der Waals surface area contributed by atoms with Gasteiger partial charge in [-0.1, -0.05) is 30.3 Å². The highest BCUT2D eigenvalue weighted by molar-refractivity contribution is 5.90. The standard InChI is InChI=1S/C20H24N4O2.2ClH/c25-20(23-26)11-9-16-8-10-19(21-13-16)22-18-7-4-12-24(15-18)14-17-5-2-1-3-6-17;;/h1-3,5-6,8-11,13,18,26H,4,7,12,14-15H2,(H,21,22)(H,23,25);2*1H/t18-;;/m1../s1. The minimum atomic E-state index is -0.562. The van der Waals surface area contributed by atoms with E-state index in [0.29, 0.717) is 6.04 Å². The molecule has 1 aliphatic rings. The molecule has 8 heteroatoms. The van der Waals surface area contributed by atoms with Crippen molar-refractivity contribution < 1.29 is 10.0 Å². The fourth-order valence-electron chi connectivity index (χ4n) is 3.17. The topological polar surface area (TPSA) is 77.5 Å². The number of carbonyl (C=O) groups excluding carboxylic acids is 1. The zero-order valence-corrected chi connectivity index (χ0v) is 17.1. The average Bonchev–Trinajstić information content (AvgIpc) is 2.68. The Morgan fingerprint density at radius 1 is 1.21 bits per heavy atom. The number of aromatic nitrogens is 1. The summed E-state index contributed by atoms with van der Waals surface area (Å²) >= 11 is 0. The van der Waals surface area contributed by atoms with Crippen LogP contribution in [0.25, 0.3) is 6.08 Å². The number of nitrogens with one attached hydrogen (secondary N) is 2. The lowest BCUT2D eigenvalue weighted by molar-refractivity contribution is -0.124. The first-order chi connectivity index (χ1) is 12.7. The lowest BCUT2D eigenvalue weighted by Gasteiger charge is -2.33. The summed E-state index contributed by atoms with van der Waals surface area (Å²) in [7, 11) is 0. The number of pyridine rings is 1. The predicted molar refractivity (Wildman–Crippen MR) is 116 cm³/mol. The third-order valence-electron chi connectivity index (χ3n) is 4.43. The number of nitrogens with zero attached hydrogens (tertiary/aromatic N) is 2. The van der Waals surface area contributed by atoms with Crippen molar-refractivity contribution in [1.29, 1.82) is 0 Å². The van der Waals surface area contributed by atoms with E-state index in [4.69, 9.17) is 5.21 Å². The SMILES string of the molecule is Cl.Cl.O=C(C=Cc1ccc(N[C@@H]2CCCN(Cc3ccccc3)C2)nc1)NO. The number of likely N-dealkylation sites (tertiary alicyclic amines) is 1. The molecule has 1 aliphatic heterocycles. The molecule has 28 heavy (non-hydrogen) atoms. The number of anilines is 1. The summed E-state index contributed by atoms with van der Waals surface area (Å²) in [4.78, 5) is 17.9. The van der Waals surface area contributed by atoms with Gasteiger partial charge < -0.3 is 5.32 Å². The van der Waals surface area contributed by atoms with Crippen molar-refractivity contribution in [1.82, 2.24) is 15.4 Å². The van der Waals surface area contributed by atoms with Crippen molar-refractivity contribution >= 4 is 42.6 Å². The average molecular weight is 425 g/mol. The van der Waals surface area contributed by atoms with Gasteiger partial charge in [-0.2, -0.15) is 0 Å². The molecule has 3 rings (SSSR count). The molecule has 1 saturated heterocycles. The number of hydroxylamine groups is 1. The van der Waals surface area contributed by atoms with Gasteiger partial charge >= 0.3 is 0 Å². The Morgan fingerprint density at radius 2 is 2.00 bits per heavy atom. The largest absolute Gasteiger partial charge is 0.366 e. The molecule has 1 amide bonds. The second kappa shape index (κ2) is 12.4. The first-order valence-corrected chi connectivity index (χ1v) is 8.84. The second-order valence-electron chi connectivity index (χ2n) is 6.49. The molecule has 152 valence electrons. The fraction of sp³-hybridized carbons (Fsp3) is 0.300. The normalized spacial score (nSPS) is 16.7. The summed E-state index contributed by atoms with van der Waals surface area (Å²) in [6.45, 7) is 3.09. The molecule has 2 aromatic rings. The highest BCUT2D eigenvalue weighted by Crippen LogP contribution is 2.17. The van der Waals surface area contributed by atoms with Gasteiger partial charge in [0, 0.05) is 31.4 Å². The van der Waals surface area contributed by atoms with Crippen molar-refractivity contribution in [3.63, 3.8) is 0 Å². The molecular formula is C20H26Cl2N4O2. The highest BCUT2D eigenvalue weighted by atomic mass is 35.5. The Balaban J connectivity index is 0.00000196. The van der Waals surface area contributed by atoms with Crippen LogP contribution in [0.4, 0.5) is 5.82 Å². The molecule has 0 spiro atoms. The summed E-state index contributed by atoms with van der Waals surface area (Å²) in [5.74, 6) is 0.272. The molecule has 0 saturated carbocycles. The molecule has 1 aromatic carbocycles. The molecule has 1 atom stereocenters. The van der Waals surface area contributed by atoms with E-state index < -0.39 is 5.91 Å². The van der Waals surface area contributed by atoms with Crippen LogP contribution < -0.4 is 10.8 Å². The summed E-state index contributed by atoms with van der Waals surface area (Å²) in [6, 6.07) is 14.7. The molecule has 1 aromatic heterocycles. The van der Waals surface area contributed by atoms with Gasteiger partial charge in [0.1, 0.15) is 5.82 Å². The monoisotopic (exact) mass is 424 g/mol. The number of benzene rings is 1. The molecule has 2 heterocycles. The molecular weight excluding hydrogens is 399 g/mol. The van der Waals surface area contributed by atoms with E-state index in [1.807, 2.05) is 18.2 Å². The lowest BCUT2D eigenvalue weighted by Crippen LogP contribution is -2.41. The van der Waals surface area contributed by atoms with E-state index in [2.05, 4.69) is 39.5 Å². The lowest BCUT2D eigenvalue weighted by atomic mass is 10.0. The Bertz CT molecular complexity index is 742. The number of rotatable bonds is 6. The van der Waals surface area contributed by atoms with Crippen molar-refractivity contribution in [2.45, 2.75) is 25.4 Å². The number of hydrogen-bond acceptors (Lipinski definition) is 5. The Hall–Kier alpha value is -2.12. The minimum Gasteiger partial charge on any atom is -0.366 e. The Kier molecular flexibility index (Phi) is 10.6. The third kappa shape index (κ3) is 7.48. The van der Waals surface area contributed by atoms with Gasteiger partial charge in [0.05, 0.1) is 0 Å². The van der Waals surface area contributed by atoms with E-state index >= 15 is 0 Å². The van der Waals surface area contributed by atoms with Crippen LogP contribution in [0.15, 0.2) is 54.7 Å². The maximum absolute atomic E-state index is 11.0. The summed E-state index contributed by atoms with van der Waals surface area (Å²) < 4.78 is 0. The first-order valence-electron chi connectivity index (χ1n) is 8.84. The minimum absolute atomic E-state index is 0. The van der Waals surface area contributed by atoms with Crippen LogP contribution in [-0.4, -0.2) is 40.1 Å². The van der Waals surface area contributed by atoms with E-state index in [-0.39, 0.29) is 24.8 Å². The van der Waals surface area contributed by atoms with Crippen molar-refractivity contribution in [2.75, 3.05) is 18.4 Å². The molecule has 0 bridgehead atoms. The zero-order valence-electron chi connectivity index (χ0n) is 15.5. The molecule has 0 radical (unpaired) electrons. The van der Waals surface area contributed by atoms with Crippen LogP contribution in [0.3, 0.4) is 0 Å². The molecule has 1 fully saturated rings. The van der Waals surface area contributed by atoms with E-state index in [0.717, 1.165) is 37.4 Å². The van der Waals surface area contributed by atoms with Crippen LogP contribution in [0, 0.1) is 0 Å². The van der Waals surface area contributed by atoms with Crippen molar-refractivity contribution in [3.05, 3.63) is 65.9 Å². The Morgan fingerprint density at radius 3 is 2.68 bits per heavy atom. The smallest absolute Gasteiger partial charge is 0.267 e. The van der Waals surface area contributed by atoms with Gasteiger partial charge in [0.15, 0.2) is 0 Å². The van der Waals surface area contributed by atoms with Gasteiger partial charge in [-0.25, -0.2) is 10.5 Å². The van der Waals surface area contributed by atoms with Crippen molar-refractivity contribution in [3.8, 4) is 0 Å². The van der Waals surface area contributed by atoms with Crippen LogP contribution in [0.2, 0.25) is 0 Å². The number of piperidine rings is 1. The predicted octanol–water partition coefficient (Wildman–Crippen LogP) is 3.52. The molecule has 0 unspecified atom stereocenters. The second-order valence-corrected chi connectivity index (χ2v) is 6.49. The maximum Gasteiger partial charge on any atom is 0.267 e. The van der Waals surface area contributed by atoms with Crippen LogP contribution >= 0.6 is 24.8 Å². The van der Waals surface area contributed by atoms with Crippen LogP contribution in [0.1, 0.15) is 24.0 Å². The molecule has 3 N–H and O–H groups in total. The summed E-state index contributed by atoms with van der Waals surface area (Å²) in [5, 5.41) is 12.0. The van der Waals surface area contributed by atoms with E-state index in [9.17, 15) is 4.79 Å². The van der Waals surface area contributed by atoms with Gasteiger partial charge in [-0.3, -0.25) is 14.9 Å². The maximum atomic E-state index is 11.0. The third-order valence-corrected chi connectivity index (χ3v) is 4.43. The molecule has 6 nitrogen and oxygen atoms in total. The summed E-state index contributed by atoms with van der Waals surface area (Å²) in [5.41, 5.74) is 3.70. The van der Waals surface area contributed by atoms with Gasteiger partial charge in [0.25, 0.3) is 5.91 Å². The number of hydrogen-bond donors (Lipinski definition) is 3. The van der Waals surface area contributed by atoms with Crippen LogP contribution in [0.5, 0.6) is 0 Å². The first kappa shape index (κ1) is 23.9. The van der Waals surface area contributed by atoms with Crippen molar-refractivity contribution in [2.24, 2.45) is 0 Å². The summed E-state index contributed by atoms with van der Waals surface area (Å²) in [6.07, 6.45) is 6.86. The number of amides is 1. The van der Waals surface area contributed by atoms with E-state index in [1.54, 1.807) is 17.8 Å². The fourth-order valence-corrected chi connectivity index (χ4v) is 3.17. The quantitative estimate of drug-likeness (QED) is 0.375. The van der Waals surface area contributed by atoms with Crippen LogP contribution in [-0.2, 0) is 11.3 Å². The Labute approximate surface area is 177 Å². The van der Waals surface area contributed by atoms with Gasteiger partial charge in [-0.05, 0) is 48.7 Å². The zero-order chi connectivity index (χ0) is 18.2. The number of halogens is 2.